The second-order valence-corrected chi connectivity index (χ2v) is 8.80. The zero-order chi connectivity index (χ0) is 24.9. The third kappa shape index (κ3) is 5.51. The first-order valence-electron chi connectivity index (χ1n) is 11.6. The number of carbonyl (C=O) groups is 3. The van der Waals surface area contributed by atoms with Crippen LogP contribution in [-0.2, 0) is 14.3 Å². The number of carboxylic acid groups (broad SMARTS) is 1. The Balaban J connectivity index is 1.30. The summed E-state index contributed by atoms with van der Waals surface area (Å²) in [5.74, 6) is -1.43. The summed E-state index contributed by atoms with van der Waals surface area (Å²) in [5, 5.41) is 14.3. The standard InChI is InChI=1S/C28H28N2O5/c1-17(15-26(31)32)19-11-13-20(14-12-19)30-27(33)18(2)29-28(34)35-16-25-23-9-5-3-7-21(23)22-8-4-6-10-24(22)25/h3-14,17-18,25H,15-16H2,1-2H3,(H,29,34)(H,30,33)(H,31,32)/t17?,18-/m1/s1. The lowest BCUT2D eigenvalue weighted by molar-refractivity contribution is -0.137. The van der Waals surface area contributed by atoms with Gasteiger partial charge in [0.1, 0.15) is 12.6 Å². The Hall–Kier alpha value is -4.13. The first-order valence-corrected chi connectivity index (χ1v) is 11.6. The molecule has 0 aliphatic heterocycles. The molecule has 180 valence electrons. The van der Waals surface area contributed by atoms with Crippen LogP contribution in [0.2, 0.25) is 0 Å². The maximum absolute atomic E-state index is 12.5. The highest BCUT2D eigenvalue weighted by atomic mass is 16.5. The topological polar surface area (TPSA) is 105 Å². The Morgan fingerprint density at radius 1 is 0.886 bits per heavy atom. The Kier molecular flexibility index (Phi) is 7.15. The van der Waals surface area contributed by atoms with Gasteiger partial charge in [-0.05, 0) is 52.8 Å². The summed E-state index contributed by atoms with van der Waals surface area (Å²) in [7, 11) is 0. The number of ether oxygens (including phenoxy) is 1. The number of aliphatic carboxylic acids is 1. The maximum Gasteiger partial charge on any atom is 0.407 e. The number of anilines is 1. The molecular weight excluding hydrogens is 444 g/mol. The minimum absolute atomic E-state index is 0.0345. The maximum atomic E-state index is 12.5. The molecule has 2 atom stereocenters. The molecule has 0 aromatic heterocycles. The zero-order valence-corrected chi connectivity index (χ0v) is 19.7. The van der Waals surface area contributed by atoms with Crippen LogP contribution < -0.4 is 10.6 Å². The van der Waals surface area contributed by atoms with E-state index >= 15 is 0 Å². The molecule has 0 radical (unpaired) electrons. The number of hydrogen-bond donors (Lipinski definition) is 3. The Labute approximate surface area is 204 Å². The van der Waals surface area contributed by atoms with Crippen molar-refractivity contribution in [3.05, 3.63) is 89.5 Å². The first-order chi connectivity index (χ1) is 16.8. The van der Waals surface area contributed by atoms with Gasteiger partial charge in [-0.25, -0.2) is 4.79 Å². The quantitative estimate of drug-likeness (QED) is 0.422. The molecule has 0 bridgehead atoms. The van der Waals surface area contributed by atoms with Crippen LogP contribution in [0, 0.1) is 0 Å². The summed E-state index contributed by atoms with van der Waals surface area (Å²) in [4.78, 5) is 35.9. The smallest absolute Gasteiger partial charge is 0.407 e. The summed E-state index contributed by atoms with van der Waals surface area (Å²) in [5.41, 5.74) is 5.96. The lowest BCUT2D eigenvalue weighted by Crippen LogP contribution is -2.42. The van der Waals surface area contributed by atoms with Gasteiger partial charge in [0, 0.05) is 11.6 Å². The summed E-state index contributed by atoms with van der Waals surface area (Å²) in [6, 6.07) is 22.4. The number of nitrogens with one attached hydrogen (secondary N) is 2. The number of fused-ring (bicyclic) bond motifs is 3. The molecule has 0 spiro atoms. The van der Waals surface area contributed by atoms with Gasteiger partial charge < -0.3 is 20.5 Å². The van der Waals surface area contributed by atoms with Crippen molar-refractivity contribution < 1.29 is 24.2 Å². The highest BCUT2D eigenvalue weighted by Crippen LogP contribution is 2.44. The zero-order valence-electron chi connectivity index (χ0n) is 19.7. The van der Waals surface area contributed by atoms with Crippen LogP contribution in [0.15, 0.2) is 72.8 Å². The van der Waals surface area contributed by atoms with Crippen molar-refractivity contribution in [1.82, 2.24) is 5.32 Å². The Morgan fingerprint density at radius 2 is 1.46 bits per heavy atom. The molecule has 2 amide bonds. The molecule has 3 N–H and O–H groups in total. The number of benzene rings is 3. The van der Waals surface area contributed by atoms with Crippen LogP contribution >= 0.6 is 0 Å². The number of hydrogen-bond acceptors (Lipinski definition) is 4. The number of alkyl carbamates (subject to hydrolysis) is 1. The van der Waals surface area contributed by atoms with Crippen molar-refractivity contribution in [2.75, 3.05) is 11.9 Å². The molecule has 7 heteroatoms. The van der Waals surface area contributed by atoms with E-state index in [1.165, 1.54) is 0 Å². The number of carboxylic acids is 1. The van der Waals surface area contributed by atoms with E-state index in [0.717, 1.165) is 27.8 Å². The third-order valence-corrected chi connectivity index (χ3v) is 6.30. The van der Waals surface area contributed by atoms with E-state index in [9.17, 15) is 14.4 Å². The van der Waals surface area contributed by atoms with Gasteiger partial charge >= 0.3 is 12.1 Å². The molecule has 1 unspecified atom stereocenters. The summed E-state index contributed by atoms with van der Waals surface area (Å²) >= 11 is 0. The fraction of sp³-hybridized carbons (Fsp3) is 0.250. The molecule has 0 saturated carbocycles. The normalized spacial score (nSPS) is 13.8. The van der Waals surface area contributed by atoms with Gasteiger partial charge in [0.15, 0.2) is 0 Å². The van der Waals surface area contributed by atoms with E-state index in [-0.39, 0.29) is 30.8 Å². The number of rotatable bonds is 8. The lowest BCUT2D eigenvalue weighted by Gasteiger charge is -2.17. The second kappa shape index (κ2) is 10.4. The van der Waals surface area contributed by atoms with Gasteiger partial charge in [0.05, 0.1) is 6.42 Å². The molecule has 1 aliphatic carbocycles. The van der Waals surface area contributed by atoms with E-state index < -0.39 is 18.1 Å². The third-order valence-electron chi connectivity index (χ3n) is 6.30. The molecule has 7 nitrogen and oxygen atoms in total. The predicted molar refractivity (Wildman–Crippen MR) is 133 cm³/mol. The summed E-state index contributed by atoms with van der Waals surface area (Å²) in [6.07, 6.45) is -0.625. The van der Waals surface area contributed by atoms with Crippen LogP contribution in [-0.4, -0.2) is 35.7 Å². The highest BCUT2D eigenvalue weighted by molar-refractivity contribution is 5.96. The van der Waals surface area contributed by atoms with Gasteiger partial charge in [-0.2, -0.15) is 0 Å². The van der Waals surface area contributed by atoms with Crippen LogP contribution in [0.1, 0.15) is 48.8 Å². The van der Waals surface area contributed by atoms with E-state index in [1.54, 1.807) is 31.2 Å². The molecule has 0 fully saturated rings. The van der Waals surface area contributed by atoms with Crippen LogP contribution in [0.25, 0.3) is 11.1 Å². The van der Waals surface area contributed by atoms with Crippen molar-refractivity contribution in [1.29, 1.82) is 0 Å². The van der Waals surface area contributed by atoms with E-state index in [0.29, 0.717) is 5.69 Å². The second-order valence-electron chi connectivity index (χ2n) is 8.80. The van der Waals surface area contributed by atoms with Crippen molar-refractivity contribution >= 4 is 23.7 Å². The van der Waals surface area contributed by atoms with Crippen LogP contribution in [0.3, 0.4) is 0 Å². The summed E-state index contributed by atoms with van der Waals surface area (Å²) < 4.78 is 5.51. The van der Waals surface area contributed by atoms with Gasteiger partial charge in [-0.15, -0.1) is 0 Å². The molecule has 3 aromatic carbocycles. The lowest BCUT2D eigenvalue weighted by atomic mass is 9.98. The fourth-order valence-electron chi connectivity index (χ4n) is 4.41. The monoisotopic (exact) mass is 472 g/mol. The SMILES string of the molecule is CC(CC(=O)O)c1ccc(NC(=O)[C@@H](C)NC(=O)OCC2c3ccccc3-c3ccccc32)cc1. The van der Waals surface area contributed by atoms with Gasteiger partial charge in [-0.1, -0.05) is 67.6 Å². The van der Waals surface area contributed by atoms with E-state index in [2.05, 4.69) is 22.8 Å². The van der Waals surface area contributed by atoms with Gasteiger partial charge in [0.25, 0.3) is 0 Å². The number of amides is 2. The molecule has 35 heavy (non-hydrogen) atoms. The molecule has 0 heterocycles. The Bertz CT molecular complexity index is 1190. The van der Waals surface area contributed by atoms with Crippen LogP contribution in [0.4, 0.5) is 10.5 Å². The minimum atomic E-state index is -0.858. The Morgan fingerprint density at radius 3 is 2.03 bits per heavy atom. The van der Waals surface area contributed by atoms with Crippen molar-refractivity contribution in [3.8, 4) is 11.1 Å². The van der Waals surface area contributed by atoms with Crippen molar-refractivity contribution in [3.63, 3.8) is 0 Å². The first kappa shape index (κ1) is 24.0. The van der Waals surface area contributed by atoms with E-state index in [1.807, 2.05) is 43.3 Å². The predicted octanol–water partition coefficient (Wildman–Crippen LogP) is 5.13. The average Bonchev–Trinajstić information content (AvgIpc) is 3.16. The molecular formula is C28H28N2O5. The number of carbonyl (C=O) groups excluding carboxylic acids is 2. The fourth-order valence-corrected chi connectivity index (χ4v) is 4.41. The summed E-state index contributed by atoms with van der Waals surface area (Å²) in [6.45, 7) is 3.59. The van der Waals surface area contributed by atoms with Crippen molar-refractivity contribution in [2.45, 2.75) is 38.1 Å². The van der Waals surface area contributed by atoms with Gasteiger partial charge in [0.2, 0.25) is 5.91 Å². The van der Waals surface area contributed by atoms with Gasteiger partial charge in [-0.3, -0.25) is 9.59 Å². The molecule has 1 aliphatic rings. The average molecular weight is 473 g/mol. The van der Waals surface area contributed by atoms with E-state index in [4.69, 9.17) is 9.84 Å². The minimum Gasteiger partial charge on any atom is -0.481 e. The highest BCUT2D eigenvalue weighted by Gasteiger charge is 2.29. The van der Waals surface area contributed by atoms with Crippen molar-refractivity contribution in [2.24, 2.45) is 0 Å². The molecule has 4 rings (SSSR count). The largest absolute Gasteiger partial charge is 0.481 e. The molecule has 3 aromatic rings. The molecule has 0 saturated heterocycles. The van der Waals surface area contributed by atoms with Crippen LogP contribution in [0.5, 0.6) is 0 Å².